The number of halogens is 3. The van der Waals surface area contributed by atoms with E-state index in [4.69, 9.17) is 27.9 Å². The molecule has 4 nitrogen and oxygen atoms in total. The lowest BCUT2D eigenvalue weighted by Gasteiger charge is -2.12. The summed E-state index contributed by atoms with van der Waals surface area (Å²) in [5.41, 5.74) is 2.37. The smallest absolute Gasteiger partial charge is 0.293 e. The fourth-order valence-electron chi connectivity index (χ4n) is 3.51. The molecule has 1 fully saturated rings. The van der Waals surface area contributed by atoms with Gasteiger partial charge >= 0.3 is 0 Å². The van der Waals surface area contributed by atoms with Crippen LogP contribution in [0.1, 0.15) is 23.1 Å². The van der Waals surface area contributed by atoms with Crippen LogP contribution in [0.25, 0.3) is 6.08 Å². The van der Waals surface area contributed by atoms with Crippen molar-refractivity contribution in [2.45, 2.75) is 19.4 Å². The number of ether oxygens (including phenoxy) is 1. The third-order valence-electron chi connectivity index (χ3n) is 5.15. The van der Waals surface area contributed by atoms with Gasteiger partial charge in [0, 0.05) is 6.54 Å². The van der Waals surface area contributed by atoms with Crippen LogP contribution in [0, 0.1) is 5.82 Å². The fourth-order valence-corrected chi connectivity index (χ4v) is 4.99. The summed E-state index contributed by atoms with van der Waals surface area (Å²) in [6.45, 7) is 0.448. The largest absolute Gasteiger partial charge is 0.486 e. The Bertz CT molecular complexity index is 1230. The highest BCUT2D eigenvalue weighted by molar-refractivity contribution is 8.18. The number of rotatable bonds is 8. The number of carbonyl (C=O) groups is 2. The van der Waals surface area contributed by atoms with Gasteiger partial charge in [-0.25, -0.2) is 4.39 Å². The first-order valence-corrected chi connectivity index (χ1v) is 12.1. The van der Waals surface area contributed by atoms with Gasteiger partial charge in [0.15, 0.2) is 5.75 Å². The molecule has 0 saturated carbocycles. The molecule has 0 aliphatic carbocycles. The summed E-state index contributed by atoms with van der Waals surface area (Å²) >= 11 is 13.6. The van der Waals surface area contributed by atoms with Crippen LogP contribution in [0.5, 0.6) is 5.75 Å². The molecule has 1 aliphatic heterocycles. The second kappa shape index (κ2) is 11.1. The first kappa shape index (κ1) is 24.3. The van der Waals surface area contributed by atoms with Gasteiger partial charge in [0.1, 0.15) is 12.4 Å². The molecule has 0 aromatic heterocycles. The molecule has 1 aliphatic rings. The zero-order chi connectivity index (χ0) is 24.1. The van der Waals surface area contributed by atoms with Crippen LogP contribution in [-0.2, 0) is 17.8 Å². The molecular weight excluding hydrogens is 496 g/mol. The second-order valence-corrected chi connectivity index (χ2v) is 9.46. The Hall–Kier alpha value is -2.80. The normalized spacial score (nSPS) is 14.8. The molecule has 0 atom stereocenters. The summed E-state index contributed by atoms with van der Waals surface area (Å²) in [5, 5.41) is 0.200. The fraction of sp³-hybridized carbons (Fsp3) is 0.154. The number of carbonyl (C=O) groups excluding carboxylic acids is 2. The zero-order valence-electron chi connectivity index (χ0n) is 18.0. The van der Waals surface area contributed by atoms with Gasteiger partial charge in [-0.1, -0.05) is 65.7 Å². The van der Waals surface area contributed by atoms with Gasteiger partial charge < -0.3 is 4.74 Å². The lowest BCUT2D eigenvalue weighted by Crippen LogP contribution is -2.29. The molecule has 3 aromatic carbocycles. The van der Waals surface area contributed by atoms with Crippen LogP contribution in [0.4, 0.5) is 9.18 Å². The van der Waals surface area contributed by atoms with Crippen molar-refractivity contribution in [3.8, 4) is 5.75 Å². The van der Waals surface area contributed by atoms with Crippen molar-refractivity contribution < 1.29 is 18.7 Å². The van der Waals surface area contributed by atoms with E-state index in [1.807, 2.05) is 30.3 Å². The molecule has 4 rings (SSSR count). The predicted octanol–water partition coefficient (Wildman–Crippen LogP) is 7.38. The molecule has 3 aromatic rings. The number of benzene rings is 3. The highest BCUT2D eigenvalue weighted by Gasteiger charge is 2.34. The first-order valence-electron chi connectivity index (χ1n) is 10.6. The zero-order valence-corrected chi connectivity index (χ0v) is 20.3. The Labute approximate surface area is 211 Å². The van der Waals surface area contributed by atoms with Crippen LogP contribution >= 0.6 is 35.0 Å². The van der Waals surface area contributed by atoms with Gasteiger partial charge in [-0.15, -0.1) is 0 Å². The number of hydrogen-bond acceptors (Lipinski definition) is 4. The first-order chi connectivity index (χ1) is 16.4. The van der Waals surface area contributed by atoms with E-state index in [2.05, 4.69) is 0 Å². The third kappa shape index (κ3) is 6.00. The van der Waals surface area contributed by atoms with Gasteiger partial charge in [0.05, 0.1) is 15.0 Å². The molecule has 0 bridgehead atoms. The number of nitrogens with zero attached hydrogens (tertiary/aromatic N) is 1. The van der Waals surface area contributed by atoms with E-state index < -0.39 is 0 Å². The van der Waals surface area contributed by atoms with Crippen LogP contribution in [0.2, 0.25) is 10.0 Å². The Kier molecular flexibility index (Phi) is 7.93. The summed E-state index contributed by atoms with van der Waals surface area (Å²) in [6.07, 6.45) is 3.06. The molecule has 0 N–H and O–H groups in total. The summed E-state index contributed by atoms with van der Waals surface area (Å²) < 4.78 is 19.0. The van der Waals surface area contributed by atoms with Crippen molar-refractivity contribution in [3.05, 3.63) is 104 Å². The van der Waals surface area contributed by atoms with Crippen molar-refractivity contribution in [2.75, 3.05) is 6.54 Å². The van der Waals surface area contributed by atoms with Gasteiger partial charge in [-0.3, -0.25) is 14.5 Å². The number of amides is 2. The van der Waals surface area contributed by atoms with E-state index in [1.54, 1.807) is 30.3 Å². The second-order valence-electron chi connectivity index (χ2n) is 7.65. The highest BCUT2D eigenvalue weighted by Crippen LogP contribution is 2.38. The maximum atomic E-state index is 13.4. The maximum Gasteiger partial charge on any atom is 0.293 e. The van der Waals surface area contributed by atoms with Crippen molar-refractivity contribution in [3.63, 3.8) is 0 Å². The quantitative estimate of drug-likeness (QED) is 0.293. The van der Waals surface area contributed by atoms with E-state index in [-0.39, 0.29) is 39.4 Å². The van der Waals surface area contributed by atoms with E-state index in [1.165, 1.54) is 17.0 Å². The van der Waals surface area contributed by atoms with E-state index in [9.17, 15) is 14.0 Å². The maximum absolute atomic E-state index is 13.4. The molecule has 174 valence electrons. The van der Waals surface area contributed by atoms with Crippen molar-refractivity contribution >= 4 is 52.2 Å². The number of imide groups is 1. The van der Waals surface area contributed by atoms with Crippen LogP contribution in [0.3, 0.4) is 0 Å². The number of aryl methyl sites for hydroxylation is 1. The minimum atomic E-state index is -0.359. The monoisotopic (exact) mass is 515 g/mol. The summed E-state index contributed by atoms with van der Waals surface area (Å²) in [7, 11) is 0. The minimum absolute atomic E-state index is 0.0957. The Morgan fingerprint density at radius 1 is 0.941 bits per heavy atom. The van der Waals surface area contributed by atoms with E-state index in [0.717, 1.165) is 23.7 Å². The average molecular weight is 516 g/mol. The van der Waals surface area contributed by atoms with Crippen molar-refractivity contribution in [2.24, 2.45) is 0 Å². The van der Waals surface area contributed by atoms with E-state index >= 15 is 0 Å². The molecule has 34 heavy (non-hydrogen) atoms. The molecule has 0 unspecified atom stereocenters. The standard InChI is InChI=1S/C26H20Cl2FNO3S/c27-21-13-19(14-22(28)24(21)33-16-18-8-4-10-20(29)12-18)15-23-25(31)30(26(32)34-23)11-5-9-17-6-2-1-3-7-17/h1-4,6-8,10,12-15H,5,9,11,16H2/b23-15+. The van der Waals surface area contributed by atoms with Gasteiger partial charge in [0.2, 0.25) is 0 Å². The summed E-state index contributed by atoms with van der Waals surface area (Å²) in [4.78, 5) is 26.7. The van der Waals surface area contributed by atoms with Crippen molar-refractivity contribution in [1.82, 2.24) is 4.90 Å². The molecule has 0 radical (unpaired) electrons. The number of thioether (sulfide) groups is 1. The SMILES string of the molecule is O=C1S/C(=C/c2cc(Cl)c(OCc3cccc(F)c3)c(Cl)c2)C(=O)N1CCCc1ccccc1. The highest BCUT2D eigenvalue weighted by atomic mass is 35.5. The average Bonchev–Trinajstić information content (AvgIpc) is 3.06. The third-order valence-corrected chi connectivity index (χ3v) is 6.62. The van der Waals surface area contributed by atoms with Crippen molar-refractivity contribution in [1.29, 1.82) is 0 Å². The molecule has 1 heterocycles. The molecular formula is C26H20Cl2FNO3S. The minimum Gasteiger partial charge on any atom is -0.486 e. The Balaban J connectivity index is 1.41. The molecule has 0 spiro atoms. The Morgan fingerprint density at radius 2 is 1.65 bits per heavy atom. The topological polar surface area (TPSA) is 46.6 Å². The van der Waals surface area contributed by atoms with Gasteiger partial charge in [-0.2, -0.15) is 0 Å². The van der Waals surface area contributed by atoms with Crippen LogP contribution in [0.15, 0.2) is 71.6 Å². The van der Waals surface area contributed by atoms with Crippen LogP contribution < -0.4 is 4.74 Å². The van der Waals surface area contributed by atoms with Gasteiger partial charge in [-0.05, 0) is 71.6 Å². The summed E-state index contributed by atoms with van der Waals surface area (Å²) in [6, 6.07) is 19.2. The van der Waals surface area contributed by atoms with E-state index in [0.29, 0.717) is 29.0 Å². The summed E-state index contributed by atoms with van der Waals surface area (Å²) in [5.74, 6) is -0.428. The predicted molar refractivity (Wildman–Crippen MR) is 135 cm³/mol. The molecule has 8 heteroatoms. The lowest BCUT2D eigenvalue weighted by molar-refractivity contribution is -0.122. The number of hydrogen-bond donors (Lipinski definition) is 0. The molecule has 2 amide bonds. The molecule has 1 saturated heterocycles. The lowest BCUT2D eigenvalue weighted by atomic mass is 10.1. The van der Waals surface area contributed by atoms with Crippen LogP contribution in [-0.4, -0.2) is 22.6 Å². The van der Waals surface area contributed by atoms with Gasteiger partial charge in [0.25, 0.3) is 11.1 Å². The Morgan fingerprint density at radius 3 is 2.35 bits per heavy atom.